The Balaban J connectivity index is 1.27. The summed E-state index contributed by atoms with van der Waals surface area (Å²) < 4.78 is 19.5. The highest BCUT2D eigenvalue weighted by Crippen LogP contribution is 2.35. The van der Waals surface area contributed by atoms with Crippen molar-refractivity contribution in [1.82, 2.24) is 25.3 Å². The number of fused-ring (bicyclic) bond motifs is 6. The van der Waals surface area contributed by atoms with E-state index in [0.717, 1.165) is 37.4 Å². The van der Waals surface area contributed by atoms with E-state index in [-0.39, 0.29) is 11.5 Å². The van der Waals surface area contributed by atoms with Crippen molar-refractivity contribution in [3.8, 4) is 0 Å². The number of imidazole rings is 1. The molecule has 4 heterocycles. The second kappa shape index (κ2) is 9.95. The van der Waals surface area contributed by atoms with Crippen molar-refractivity contribution in [3.63, 3.8) is 0 Å². The van der Waals surface area contributed by atoms with Crippen LogP contribution in [-0.2, 0) is 4.74 Å². The zero-order valence-electron chi connectivity index (χ0n) is 19.8. The molecule has 1 aliphatic heterocycles. The van der Waals surface area contributed by atoms with Crippen LogP contribution in [0.15, 0.2) is 63.8 Å². The van der Waals surface area contributed by atoms with E-state index >= 15 is 0 Å². The number of ether oxygens (including phenoxy) is 1. The number of aromatic nitrogens is 4. The zero-order chi connectivity index (χ0) is 25.4. The van der Waals surface area contributed by atoms with E-state index in [0.29, 0.717) is 55.8 Å². The number of nitrogens with zero attached hydrogens (tertiary/aromatic N) is 2. The lowest BCUT2D eigenvalue weighted by Gasteiger charge is -2.21. The number of aromatic amines is 2. The highest BCUT2D eigenvalue weighted by atomic mass is 32.2. The molecular formula is C27H24FN5O3S. The number of pyridine rings is 2. The average molecular weight is 518 g/mol. The molecule has 1 amide bonds. The van der Waals surface area contributed by atoms with Gasteiger partial charge in [-0.15, -0.1) is 0 Å². The zero-order valence-corrected chi connectivity index (χ0v) is 20.7. The van der Waals surface area contributed by atoms with Gasteiger partial charge in [0.1, 0.15) is 5.82 Å². The van der Waals surface area contributed by atoms with Gasteiger partial charge in [0.05, 0.1) is 22.0 Å². The van der Waals surface area contributed by atoms with Crippen molar-refractivity contribution < 1.29 is 13.9 Å². The van der Waals surface area contributed by atoms with E-state index < -0.39 is 5.82 Å². The van der Waals surface area contributed by atoms with Crippen molar-refractivity contribution in [2.24, 2.45) is 5.92 Å². The summed E-state index contributed by atoms with van der Waals surface area (Å²) in [4.78, 5) is 41.1. The van der Waals surface area contributed by atoms with Crippen LogP contribution in [0.1, 0.15) is 29.6 Å². The maximum atomic E-state index is 14.1. The quantitative estimate of drug-likeness (QED) is 0.279. The lowest BCUT2D eigenvalue weighted by molar-refractivity contribution is 0.0636. The first kappa shape index (κ1) is 23.6. The summed E-state index contributed by atoms with van der Waals surface area (Å²) in [5.74, 6) is 0.00158. The Hall–Kier alpha value is -3.76. The predicted molar refractivity (Wildman–Crippen MR) is 141 cm³/mol. The van der Waals surface area contributed by atoms with Crippen LogP contribution in [0.2, 0.25) is 0 Å². The molecular weight excluding hydrogens is 493 g/mol. The fraction of sp³-hybridized carbons (Fsp3) is 0.259. The van der Waals surface area contributed by atoms with Crippen LogP contribution in [0.25, 0.3) is 32.6 Å². The Morgan fingerprint density at radius 3 is 2.86 bits per heavy atom. The summed E-state index contributed by atoms with van der Waals surface area (Å²) in [6, 6.07) is 7.93. The summed E-state index contributed by atoms with van der Waals surface area (Å²) in [6.07, 6.45) is 7.80. The lowest BCUT2D eigenvalue weighted by Crippen LogP contribution is -2.27. The molecule has 0 atom stereocenters. The molecule has 2 aromatic carbocycles. The number of amides is 1. The van der Waals surface area contributed by atoms with Crippen LogP contribution in [-0.4, -0.2) is 45.6 Å². The number of benzene rings is 2. The van der Waals surface area contributed by atoms with Gasteiger partial charge in [0, 0.05) is 59.4 Å². The molecule has 0 unspecified atom stereocenters. The van der Waals surface area contributed by atoms with Crippen molar-refractivity contribution in [1.29, 1.82) is 0 Å². The molecule has 1 fully saturated rings. The summed E-state index contributed by atoms with van der Waals surface area (Å²) in [7, 11) is 0. The monoisotopic (exact) mass is 517 g/mol. The molecule has 0 spiro atoms. The van der Waals surface area contributed by atoms with Crippen LogP contribution >= 0.6 is 11.8 Å². The van der Waals surface area contributed by atoms with Crippen molar-refractivity contribution in [3.05, 3.63) is 70.7 Å². The highest BCUT2D eigenvalue weighted by Gasteiger charge is 2.17. The maximum absolute atomic E-state index is 14.1. The Bertz CT molecular complexity index is 1690. The third-order valence-corrected chi connectivity index (χ3v) is 7.63. The van der Waals surface area contributed by atoms with Crippen molar-refractivity contribution >= 4 is 50.2 Å². The second-order valence-electron chi connectivity index (χ2n) is 9.16. The smallest absolute Gasteiger partial charge is 0.256 e. The van der Waals surface area contributed by atoms with E-state index in [1.165, 1.54) is 23.9 Å². The Morgan fingerprint density at radius 2 is 2.00 bits per heavy atom. The topological polar surface area (TPSA) is 113 Å². The maximum Gasteiger partial charge on any atom is 0.256 e. The van der Waals surface area contributed by atoms with Gasteiger partial charge in [-0.3, -0.25) is 14.6 Å². The van der Waals surface area contributed by atoms with Gasteiger partial charge in [-0.1, -0.05) is 11.8 Å². The van der Waals surface area contributed by atoms with E-state index in [2.05, 4.69) is 20.3 Å². The highest BCUT2D eigenvalue weighted by molar-refractivity contribution is 7.99. The van der Waals surface area contributed by atoms with Crippen LogP contribution in [0.5, 0.6) is 0 Å². The van der Waals surface area contributed by atoms with E-state index in [1.807, 2.05) is 0 Å². The Morgan fingerprint density at radius 1 is 1.14 bits per heavy atom. The van der Waals surface area contributed by atoms with Gasteiger partial charge < -0.3 is 20.0 Å². The minimum absolute atomic E-state index is 0.162. The minimum atomic E-state index is -0.421. The van der Waals surface area contributed by atoms with Gasteiger partial charge in [-0.05, 0) is 55.5 Å². The molecule has 10 heteroatoms. The van der Waals surface area contributed by atoms with Gasteiger partial charge in [-0.25, -0.2) is 9.37 Å². The van der Waals surface area contributed by atoms with Crippen molar-refractivity contribution in [2.75, 3.05) is 19.8 Å². The second-order valence-corrected chi connectivity index (χ2v) is 10.2. The first-order valence-corrected chi connectivity index (χ1v) is 13.0. The van der Waals surface area contributed by atoms with Crippen LogP contribution in [0.4, 0.5) is 4.39 Å². The first-order chi connectivity index (χ1) is 18.1. The third kappa shape index (κ3) is 4.70. The third-order valence-electron chi connectivity index (χ3n) is 6.79. The van der Waals surface area contributed by atoms with Crippen LogP contribution in [0, 0.1) is 11.7 Å². The largest absolute Gasteiger partial charge is 0.381 e. The van der Waals surface area contributed by atoms with Crippen molar-refractivity contribution in [2.45, 2.75) is 29.3 Å². The standard InChI is InChI=1S/C27H24FN5O3S/c28-17-1-2-19-21(12-17)22-20(4-8-31-26(22)35)24-23(19)32-27(33-24)37-18-11-16(13-29-14-18)25(34)30-7-3-15-5-9-36-10-6-15/h1-2,4,8,11-15H,3,5-7,9-10H2,(H,30,34)(H,31,35)(H,32,33). The molecule has 188 valence electrons. The molecule has 3 aromatic heterocycles. The fourth-order valence-electron chi connectivity index (χ4n) is 4.91. The number of hydrogen-bond acceptors (Lipinski definition) is 6. The number of halogens is 1. The van der Waals surface area contributed by atoms with Gasteiger partial charge in [0.2, 0.25) is 0 Å². The Kier molecular flexibility index (Phi) is 6.35. The van der Waals surface area contributed by atoms with Gasteiger partial charge >= 0.3 is 0 Å². The molecule has 6 rings (SSSR count). The molecule has 5 aromatic rings. The van der Waals surface area contributed by atoms with Gasteiger partial charge in [0.15, 0.2) is 5.16 Å². The molecule has 37 heavy (non-hydrogen) atoms. The molecule has 0 aliphatic carbocycles. The fourth-order valence-corrected chi connectivity index (χ4v) is 5.72. The summed E-state index contributed by atoms with van der Waals surface area (Å²) in [5.41, 5.74) is 1.52. The van der Waals surface area contributed by atoms with E-state index in [1.54, 1.807) is 36.8 Å². The average Bonchev–Trinajstić information content (AvgIpc) is 3.33. The van der Waals surface area contributed by atoms with E-state index in [4.69, 9.17) is 9.72 Å². The number of carbonyl (C=O) groups excluding carboxylic acids is 1. The minimum Gasteiger partial charge on any atom is -0.381 e. The van der Waals surface area contributed by atoms with Crippen LogP contribution in [0.3, 0.4) is 0 Å². The number of nitrogens with one attached hydrogen (secondary N) is 3. The first-order valence-electron chi connectivity index (χ1n) is 12.2. The lowest BCUT2D eigenvalue weighted by atomic mass is 9.97. The molecule has 1 saturated heterocycles. The van der Waals surface area contributed by atoms with E-state index in [9.17, 15) is 14.0 Å². The molecule has 8 nitrogen and oxygen atoms in total. The van der Waals surface area contributed by atoms with Gasteiger partial charge in [-0.2, -0.15) is 0 Å². The Labute approximate surface area is 215 Å². The summed E-state index contributed by atoms with van der Waals surface area (Å²) in [6.45, 7) is 2.20. The molecule has 0 radical (unpaired) electrons. The number of rotatable bonds is 6. The van der Waals surface area contributed by atoms with Gasteiger partial charge in [0.25, 0.3) is 11.5 Å². The van der Waals surface area contributed by atoms with Crippen LogP contribution < -0.4 is 10.9 Å². The molecule has 1 aliphatic rings. The molecule has 0 saturated carbocycles. The summed E-state index contributed by atoms with van der Waals surface area (Å²) >= 11 is 1.33. The molecule has 3 N–H and O–H groups in total. The summed E-state index contributed by atoms with van der Waals surface area (Å²) in [5, 5.41) is 5.82. The predicted octanol–water partition coefficient (Wildman–Crippen LogP) is 4.79. The molecule has 0 bridgehead atoms. The number of H-pyrrole nitrogens is 2. The number of hydrogen-bond donors (Lipinski definition) is 3. The number of carbonyl (C=O) groups is 1. The normalized spacial score (nSPS) is 14.5. The SMILES string of the molecule is O=C(NCCC1CCOCC1)c1cncc(Sc2nc3c4ccc(F)cc4c4c(=O)[nH]ccc4c3[nH]2)c1.